The lowest BCUT2D eigenvalue weighted by atomic mass is 10.0. The third kappa shape index (κ3) is 1.82. The fraction of sp³-hybridized carbons (Fsp3) is 0.167. The lowest BCUT2D eigenvalue weighted by molar-refractivity contribution is 0.0698. The molecule has 4 nitrogen and oxygen atoms in total. The van der Waals surface area contributed by atoms with Gasteiger partial charge < -0.3 is 5.11 Å². The zero-order valence-corrected chi connectivity index (χ0v) is 9.11. The molecule has 0 saturated heterocycles. The zero-order valence-electron chi connectivity index (χ0n) is 9.11. The summed E-state index contributed by atoms with van der Waals surface area (Å²) in [5.41, 5.74) is 3.80. The first kappa shape index (κ1) is 10.4. The highest BCUT2D eigenvalue weighted by Crippen LogP contribution is 2.23. The Kier molecular flexibility index (Phi) is 2.48. The van der Waals surface area contributed by atoms with Crippen molar-refractivity contribution in [3.63, 3.8) is 0 Å². The molecule has 2 N–H and O–H groups in total. The number of aromatic amines is 1. The van der Waals surface area contributed by atoms with E-state index in [1.54, 1.807) is 0 Å². The largest absolute Gasteiger partial charge is 0.478 e. The molecule has 0 aliphatic carbocycles. The number of aryl methyl sites for hydroxylation is 2. The fourth-order valence-corrected chi connectivity index (χ4v) is 1.79. The van der Waals surface area contributed by atoms with Gasteiger partial charge in [0, 0.05) is 5.56 Å². The first-order chi connectivity index (χ1) is 7.58. The lowest BCUT2D eigenvalue weighted by Gasteiger charge is -2.03. The summed E-state index contributed by atoms with van der Waals surface area (Å²) in [6.45, 7) is 3.96. The highest BCUT2D eigenvalue weighted by Gasteiger charge is 2.14. The summed E-state index contributed by atoms with van der Waals surface area (Å²) in [6.07, 6.45) is 1.33. The molecule has 4 heteroatoms. The maximum atomic E-state index is 11.0. The second-order valence-electron chi connectivity index (χ2n) is 3.84. The second kappa shape index (κ2) is 3.81. The summed E-state index contributed by atoms with van der Waals surface area (Å²) < 4.78 is 0. The van der Waals surface area contributed by atoms with E-state index in [2.05, 4.69) is 10.2 Å². The van der Waals surface area contributed by atoms with Gasteiger partial charge in [-0.3, -0.25) is 5.10 Å². The van der Waals surface area contributed by atoms with E-state index in [1.807, 2.05) is 32.0 Å². The van der Waals surface area contributed by atoms with Gasteiger partial charge in [0.05, 0.1) is 11.9 Å². The molecule has 0 radical (unpaired) electrons. The van der Waals surface area contributed by atoms with Crippen LogP contribution in [-0.4, -0.2) is 21.3 Å². The number of nitrogens with zero attached hydrogens (tertiary/aromatic N) is 1. The van der Waals surface area contributed by atoms with Gasteiger partial charge >= 0.3 is 5.97 Å². The Hall–Kier alpha value is -2.10. The molecule has 0 aliphatic heterocycles. The maximum Gasteiger partial charge on any atom is 0.339 e. The number of carboxylic acids is 1. The van der Waals surface area contributed by atoms with Crippen LogP contribution in [0.3, 0.4) is 0 Å². The van der Waals surface area contributed by atoms with E-state index in [0.29, 0.717) is 5.69 Å². The number of rotatable bonds is 2. The standard InChI is InChI=1S/C12H12N2O2/c1-7-3-8(2)5-9(4-7)11-10(12(15)16)6-13-14-11/h3-6H,1-2H3,(H,13,14)(H,15,16). The summed E-state index contributed by atoms with van der Waals surface area (Å²) in [5.74, 6) is -0.970. The third-order valence-corrected chi connectivity index (χ3v) is 2.38. The van der Waals surface area contributed by atoms with Crippen molar-refractivity contribution in [2.24, 2.45) is 0 Å². The molecule has 0 aliphatic rings. The predicted octanol–water partition coefficient (Wildman–Crippen LogP) is 2.39. The van der Waals surface area contributed by atoms with Crippen LogP contribution in [0.15, 0.2) is 24.4 Å². The van der Waals surface area contributed by atoms with Crippen molar-refractivity contribution in [2.45, 2.75) is 13.8 Å². The summed E-state index contributed by atoms with van der Waals surface area (Å²) >= 11 is 0. The highest BCUT2D eigenvalue weighted by atomic mass is 16.4. The summed E-state index contributed by atoms with van der Waals surface area (Å²) in [5, 5.41) is 15.5. The fourth-order valence-electron chi connectivity index (χ4n) is 1.79. The van der Waals surface area contributed by atoms with Gasteiger partial charge in [0.25, 0.3) is 0 Å². The Bertz CT molecular complexity index is 523. The average molecular weight is 216 g/mol. The number of aromatic carboxylic acids is 1. The van der Waals surface area contributed by atoms with Crippen LogP contribution in [0.2, 0.25) is 0 Å². The van der Waals surface area contributed by atoms with Gasteiger partial charge in [-0.2, -0.15) is 5.10 Å². The molecule has 1 aromatic carbocycles. The normalized spacial score (nSPS) is 10.4. The number of aromatic nitrogens is 2. The van der Waals surface area contributed by atoms with Crippen LogP contribution in [-0.2, 0) is 0 Å². The number of benzene rings is 1. The zero-order chi connectivity index (χ0) is 11.7. The molecule has 0 spiro atoms. The molecular weight excluding hydrogens is 204 g/mol. The average Bonchev–Trinajstić information content (AvgIpc) is 2.63. The van der Waals surface area contributed by atoms with Crippen LogP contribution in [0.1, 0.15) is 21.5 Å². The van der Waals surface area contributed by atoms with Crippen LogP contribution in [0.25, 0.3) is 11.3 Å². The van der Waals surface area contributed by atoms with E-state index in [1.165, 1.54) is 6.20 Å². The first-order valence-corrected chi connectivity index (χ1v) is 4.93. The summed E-state index contributed by atoms with van der Waals surface area (Å²) in [7, 11) is 0. The van der Waals surface area contributed by atoms with Gasteiger partial charge in [0.15, 0.2) is 0 Å². The van der Waals surface area contributed by atoms with Crippen molar-refractivity contribution in [1.82, 2.24) is 10.2 Å². The van der Waals surface area contributed by atoms with E-state index in [4.69, 9.17) is 5.11 Å². The molecule has 0 bridgehead atoms. The highest BCUT2D eigenvalue weighted by molar-refractivity contribution is 5.94. The molecule has 82 valence electrons. The van der Waals surface area contributed by atoms with E-state index in [0.717, 1.165) is 16.7 Å². The molecule has 1 aromatic heterocycles. The molecule has 0 unspecified atom stereocenters. The van der Waals surface area contributed by atoms with Crippen molar-refractivity contribution in [3.8, 4) is 11.3 Å². The van der Waals surface area contributed by atoms with Gasteiger partial charge in [-0.25, -0.2) is 4.79 Å². The van der Waals surface area contributed by atoms with E-state index in [9.17, 15) is 4.79 Å². The van der Waals surface area contributed by atoms with E-state index >= 15 is 0 Å². The minimum atomic E-state index is -0.970. The van der Waals surface area contributed by atoms with E-state index < -0.39 is 5.97 Å². The van der Waals surface area contributed by atoms with Crippen molar-refractivity contribution in [2.75, 3.05) is 0 Å². The van der Waals surface area contributed by atoms with Crippen molar-refractivity contribution in [1.29, 1.82) is 0 Å². The minimum absolute atomic E-state index is 0.199. The van der Waals surface area contributed by atoms with Gasteiger partial charge in [-0.1, -0.05) is 17.2 Å². The molecular formula is C12H12N2O2. The number of carbonyl (C=O) groups is 1. The number of hydrogen-bond acceptors (Lipinski definition) is 2. The molecule has 0 amide bonds. The van der Waals surface area contributed by atoms with Crippen LogP contribution < -0.4 is 0 Å². The number of carboxylic acid groups (broad SMARTS) is 1. The smallest absolute Gasteiger partial charge is 0.339 e. The lowest BCUT2D eigenvalue weighted by Crippen LogP contribution is -1.97. The Morgan fingerprint density at radius 1 is 1.25 bits per heavy atom. The first-order valence-electron chi connectivity index (χ1n) is 4.93. The van der Waals surface area contributed by atoms with Gasteiger partial charge in [-0.05, 0) is 26.0 Å². The van der Waals surface area contributed by atoms with Gasteiger partial charge in [-0.15, -0.1) is 0 Å². The Balaban J connectivity index is 2.58. The van der Waals surface area contributed by atoms with Crippen molar-refractivity contribution < 1.29 is 9.90 Å². The van der Waals surface area contributed by atoms with Gasteiger partial charge in [0.1, 0.15) is 5.56 Å². The quantitative estimate of drug-likeness (QED) is 0.810. The van der Waals surface area contributed by atoms with Gasteiger partial charge in [0.2, 0.25) is 0 Å². The maximum absolute atomic E-state index is 11.0. The summed E-state index contributed by atoms with van der Waals surface area (Å²) in [4.78, 5) is 11.0. The Labute approximate surface area is 92.9 Å². The molecule has 0 fully saturated rings. The van der Waals surface area contributed by atoms with Crippen LogP contribution >= 0.6 is 0 Å². The number of nitrogens with one attached hydrogen (secondary N) is 1. The van der Waals surface area contributed by atoms with Crippen molar-refractivity contribution in [3.05, 3.63) is 41.1 Å². The topological polar surface area (TPSA) is 66.0 Å². The summed E-state index contributed by atoms with van der Waals surface area (Å²) in [6, 6.07) is 5.92. The van der Waals surface area contributed by atoms with Crippen molar-refractivity contribution >= 4 is 5.97 Å². The molecule has 2 rings (SSSR count). The molecule has 2 aromatic rings. The van der Waals surface area contributed by atoms with E-state index in [-0.39, 0.29) is 5.56 Å². The van der Waals surface area contributed by atoms with Crippen LogP contribution in [0, 0.1) is 13.8 Å². The van der Waals surface area contributed by atoms with Crippen LogP contribution in [0.4, 0.5) is 0 Å². The van der Waals surface area contributed by atoms with Crippen LogP contribution in [0.5, 0.6) is 0 Å². The minimum Gasteiger partial charge on any atom is -0.478 e. The molecule has 0 saturated carbocycles. The molecule has 16 heavy (non-hydrogen) atoms. The molecule has 0 atom stereocenters. The second-order valence-corrected chi connectivity index (χ2v) is 3.84. The monoisotopic (exact) mass is 216 g/mol. The number of H-pyrrole nitrogens is 1. The number of hydrogen-bond donors (Lipinski definition) is 2. The predicted molar refractivity (Wildman–Crippen MR) is 60.5 cm³/mol. The molecule has 1 heterocycles. The SMILES string of the molecule is Cc1cc(C)cc(-c2[nH]ncc2C(=O)O)c1. The third-order valence-electron chi connectivity index (χ3n) is 2.38. The Morgan fingerprint density at radius 3 is 2.44 bits per heavy atom. The Morgan fingerprint density at radius 2 is 1.88 bits per heavy atom.